The van der Waals surface area contributed by atoms with Crippen molar-refractivity contribution in [3.63, 3.8) is 0 Å². The van der Waals surface area contributed by atoms with Gasteiger partial charge in [-0.2, -0.15) is 0 Å². The van der Waals surface area contributed by atoms with E-state index in [1.54, 1.807) is 19.2 Å². The minimum absolute atomic E-state index is 0.113. The van der Waals surface area contributed by atoms with Crippen LogP contribution in [-0.4, -0.2) is 13.0 Å². The van der Waals surface area contributed by atoms with Gasteiger partial charge in [0.1, 0.15) is 0 Å². The topological polar surface area (TPSA) is 29.1 Å². The van der Waals surface area contributed by atoms with Crippen molar-refractivity contribution in [1.82, 2.24) is 5.32 Å². The third-order valence-electron chi connectivity index (χ3n) is 1.42. The molecule has 1 N–H and O–H groups in total. The average molecular weight is 246 g/mol. The fourth-order valence-corrected chi connectivity index (χ4v) is 1.45. The second-order valence-electron chi connectivity index (χ2n) is 2.24. The molecule has 1 aromatic carbocycles. The van der Waals surface area contributed by atoms with Crippen LogP contribution in [0.1, 0.15) is 10.4 Å². The van der Waals surface area contributed by atoms with E-state index in [0.717, 1.165) is 9.37 Å². The van der Waals surface area contributed by atoms with Crippen LogP contribution in [0.5, 0.6) is 0 Å². The van der Waals surface area contributed by atoms with Crippen LogP contribution in [0.25, 0.3) is 0 Å². The quantitative estimate of drug-likeness (QED) is 0.730. The van der Waals surface area contributed by atoms with Gasteiger partial charge >= 0.3 is 0 Å². The van der Waals surface area contributed by atoms with Gasteiger partial charge in [-0.15, -0.1) is 12.6 Å². The number of amides is 1. The highest BCUT2D eigenvalue weighted by Gasteiger charge is 2.07. The Kier molecular flexibility index (Phi) is 3.17. The van der Waals surface area contributed by atoms with E-state index in [1.807, 2.05) is 6.07 Å². The van der Waals surface area contributed by atoms with Crippen LogP contribution in [0.3, 0.4) is 0 Å². The van der Waals surface area contributed by atoms with Crippen LogP contribution in [0.15, 0.2) is 27.6 Å². The first-order chi connectivity index (χ1) is 5.65. The Labute approximate surface area is 84.9 Å². The fourth-order valence-electron chi connectivity index (χ4n) is 0.822. The maximum Gasteiger partial charge on any atom is 0.252 e. The van der Waals surface area contributed by atoms with Gasteiger partial charge in [0.2, 0.25) is 0 Å². The van der Waals surface area contributed by atoms with E-state index in [-0.39, 0.29) is 5.91 Å². The molecule has 0 fully saturated rings. The van der Waals surface area contributed by atoms with Crippen LogP contribution >= 0.6 is 28.6 Å². The molecule has 0 radical (unpaired) electrons. The molecule has 4 heteroatoms. The second kappa shape index (κ2) is 3.96. The van der Waals surface area contributed by atoms with E-state index in [0.29, 0.717) is 5.56 Å². The third-order valence-corrected chi connectivity index (χ3v) is 2.39. The monoisotopic (exact) mass is 245 g/mol. The van der Waals surface area contributed by atoms with Crippen molar-refractivity contribution in [2.45, 2.75) is 4.90 Å². The van der Waals surface area contributed by atoms with Crippen molar-refractivity contribution in [2.75, 3.05) is 7.05 Å². The normalized spacial score (nSPS) is 9.58. The lowest BCUT2D eigenvalue weighted by atomic mass is 10.2. The van der Waals surface area contributed by atoms with E-state index in [2.05, 4.69) is 33.9 Å². The van der Waals surface area contributed by atoms with Gasteiger partial charge in [-0.1, -0.05) is 0 Å². The zero-order valence-electron chi connectivity index (χ0n) is 6.47. The van der Waals surface area contributed by atoms with Gasteiger partial charge in [-0.05, 0) is 34.1 Å². The molecule has 0 saturated heterocycles. The molecular weight excluding hydrogens is 238 g/mol. The number of halogens is 1. The summed E-state index contributed by atoms with van der Waals surface area (Å²) in [6.45, 7) is 0. The van der Waals surface area contributed by atoms with Crippen molar-refractivity contribution in [2.24, 2.45) is 0 Å². The Balaban J connectivity index is 3.13. The van der Waals surface area contributed by atoms with Gasteiger partial charge in [0.15, 0.2) is 0 Å². The predicted octanol–water partition coefficient (Wildman–Crippen LogP) is 2.10. The van der Waals surface area contributed by atoms with Crippen LogP contribution in [0, 0.1) is 0 Å². The maximum atomic E-state index is 11.2. The van der Waals surface area contributed by atoms with Crippen molar-refractivity contribution in [3.05, 3.63) is 28.2 Å². The van der Waals surface area contributed by atoms with E-state index >= 15 is 0 Å². The average Bonchev–Trinajstić information content (AvgIpc) is 2.08. The molecule has 0 heterocycles. The third kappa shape index (κ3) is 2.01. The minimum Gasteiger partial charge on any atom is -0.355 e. The summed E-state index contributed by atoms with van der Waals surface area (Å²) >= 11 is 7.41. The highest BCUT2D eigenvalue weighted by molar-refractivity contribution is 9.10. The summed E-state index contributed by atoms with van der Waals surface area (Å²) < 4.78 is 0.777. The zero-order valence-corrected chi connectivity index (χ0v) is 8.95. The summed E-state index contributed by atoms with van der Waals surface area (Å²) in [7, 11) is 1.60. The molecule has 0 atom stereocenters. The minimum atomic E-state index is -0.113. The van der Waals surface area contributed by atoms with E-state index < -0.39 is 0 Å². The van der Waals surface area contributed by atoms with Gasteiger partial charge in [0, 0.05) is 16.4 Å². The number of carbonyl (C=O) groups is 1. The Hall–Kier alpha value is -0.480. The van der Waals surface area contributed by atoms with Crippen molar-refractivity contribution in [1.29, 1.82) is 0 Å². The highest BCUT2D eigenvalue weighted by atomic mass is 79.9. The number of carbonyl (C=O) groups excluding carboxylic acids is 1. The SMILES string of the molecule is CNC(=O)c1cc(S)ccc1Br. The number of hydrogen-bond acceptors (Lipinski definition) is 2. The number of thiol groups is 1. The molecule has 0 aliphatic carbocycles. The molecule has 64 valence electrons. The van der Waals surface area contributed by atoms with Crippen LogP contribution in [-0.2, 0) is 0 Å². The molecule has 2 nitrogen and oxygen atoms in total. The molecule has 12 heavy (non-hydrogen) atoms. The van der Waals surface area contributed by atoms with Gasteiger partial charge < -0.3 is 5.32 Å². The fraction of sp³-hybridized carbons (Fsp3) is 0.125. The number of nitrogens with one attached hydrogen (secondary N) is 1. The first kappa shape index (κ1) is 9.61. The van der Waals surface area contributed by atoms with E-state index in [4.69, 9.17) is 0 Å². The smallest absolute Gasteiger partial charge is 0.252 e. The molecule has 1 amide bonds. The van der Waals surface area contributed by atoms with Crippen molar-refractivity contribution >= 4 is 34.5 Å². The second-order valence-corrected chi connectivity index (χ2v) is 3.61. The van der Waals surface area contributed by atoms with Crippen molar-refractivity contribution in [3.8, 4) is 0 Å². The number of benzene rings is 1. The molecule has 0 spiro atoms. The van der Waals surface area contributed by atoms with Gasteiger partial charge in [-0.3, -0.25) is 4.79 Å². The van der Waals surface area contributed by atoms with Crippen molar-refractivity contribution < 1.29 is 4.79 Å². The van der Waals surface area contributed by atoms with E-state index in [9.17, 15) is 4.79 Å². The summed E-state index contributed by atoms with van der Waals surface area (Å²) in [4.78, 5) is 12.0. The summed E-state index contributed by atoms with van der Waals surface area (Å²) in [6.07, 6.45) is 0. The van der Waals surface area contributed by atoms with Gasteiger partial charge in [-0.25, -0.2) is 0 Å². The summed E-state index contributed by atoms with van der Waals surface area (Å²) in [5, 5.41) is 2.55. The summed E-state index contributed by atoms with van der Waals surface area (Å²) in [5.41, 5.74) is 0.602. The number of rotatable bonds is 1. The molecule has 0 aliphatic rings. The number of hydrogen-bond donors (Lipinski definition) is 2. The lowest BCUT2D eigenvalue weighted by Gasteiger charge is -2.02. The Morgan fingerprint density at radius 1 is 1.58 bits per heavy atom. The molecule has 1 rings (SSSR count). The Morgan fingerprint density at radius 2 is 2.25 bits per heavy atom. The Morgan fingerprint density at radius 3 is 2.83 bits per heavy atom. The molecule has 0 aliphatic heterocycles. The lowest BCUT2D eigenvalue weighted by molar-refractivity contribution is 0.0962. The summed E-state index contributed by atoms with van der Waals surface area (Å²) in [5.74, 6) is -0.113. The summed E-state index contributed by atoms with van der Waals surface area (Å²) in [6, 6.07) is 5.33. The molecule has 0 bridgehead atoms. The van der Waals surface area contributed by atoms with Gasteiger partial charge in [0.25, 0.3) is 5.91 Å². The zero-order chi connectivity index (χ0) is 9.14. The first-order valence-electron chi connectivity index (χ1n) is 3.35. The first-order valence-corrected chi connectivity index (χ1v) is 4.59. The molecular formula is C8H8BrNOS. The van der Waals surface area contributed by atoms with Crippen LogP contribution in [0.4, 0.5) is 0 Å². The molecule has 0 saturated carbocycles. The molecule has 1 aromatic rings. The van der Waals surface area contributed by atoms with E-state index in [1.165, 1.54) is 0 Å². The highest BCUT2D eigenvalue weighted by Crippen LogP contribution is 2.19. The largest absolute Gasteiger partial charge is 0.355 e. The van der Waals surface area contributed by atoms with Crippen LogP contribution < -0.4 is 5.32 Å². The maximum absolute atomic E-state index is 11.2. The molecule has 0 aromatic heterocycles. The lowest BCUT2D eigenvalue weighted by Crippen LogP contribution is -2.18. The predicted molar refractivity (Wildman–Crippen MR) is 54.8 cm³/mol. The Bertz CT molecular complexity index is 314. The van der Waals surface area contributed by atoms with Gasteiger partial charge in [0.05, 0.1) is 5.56 Å². The van der Waals surface area contributed by atoms with Crippen LogP contribution in [0.2, 0.25) is 0 Å². The standard InChI is InChI=1S/C8H8BrNOS/c1-10-8(11)6-4-5(12)2-3-7(6)9/h2-4,12H,1H3,(H,10,11). The molecule has 0 unspecified atom stereocenters.